The average Bonchev–Trinajstić information content (AvgIpc) is 2.88. The van der Waals surface area contributed by atoms with E-state index in [2.05, 4.69) is 10.6 Å². The van der Waals surface area contributed by atoms with E-state index in [0.29, 0.717) is 25.8 Å². The number of nitrogens with two attached hydrogens (primary N) is 1. The van der Waals surface area contributed by atoms with Crippen molar-refractivity contribution in [3.05, 3.63) is 0 Å². The largest absolute Gasteiger partial charge is 0.379 e. The lowest BCUT2D eigenvalue weighted by Gasteiger charge is -2.22. The van der Waals surface area contributed by atoms with Gasteiger partial charge < -0.3 is 21.1 Å². The maximum Gasteiger partial charge on any atom is 0.315 e. The summed E-state index contributed by atoms with van der Waals surface area (Å²) in [6.07, 6.45) is 5.46. The van der Waals surface area contributed by atoms with Crippen molar-refractivity contribution in [1.82, 2.24) is 10.6 Å². The molecule has 2 amide bonds. The number of hydrogen-bond donors (Lipinski definition) is 3. The molecule has 1 aliphatic heterocycles. The topological polar surface area (TPSA) is 76.4 Å². The summed E-state index contributed by atoms with van der Waals surface area (Å²) < 4.78 is 5.23. The van der Waals surface area contributed by atoms with Crippen molar-refractivity contribution in [1.29, 1.82) is 0 Å². The first-order valence-corrected chi connectivity index (χ1v) is 6.09. The van der Waals surface area contributed by atoms with E-state index in [1.165, 1.54) is 12.8 Å². The standard InChI is InChI=1S/C11H21N3O2/c12-11(5-6-16-8-11)7-13-10(15)14-9-3-1-2-4-9/h9H,1-8,12H2,(H2,13,14,15). The van der Waals surface area contributed by atoms with Gasteiger partial charge in [0.15, 0.2) is 0 Å². The number of rotatable bonds is 3. The van der Waals surface area contributed by atoms with Crippen LogP contribution in [0.25, 0.3) is 0 Å². The van der Waals surface area contributed by atoms with Gasteiger partial charge in [-0.2, -0.15) is 0 Å². The van der Waals surface area contributed by atoms with Crippen LogP contribution in [-0.4, -0.2) is 37.4 Å². The fraction of sp³-hybridized carbons (Fsp3) is 0.909. The predicted molar refractivity (Wildman–Crippen MR) is 61.1 cm³/mol. The summed E-state index contributed by atoms with van der Waals surface area (Å²) in [5, 5.41) is 5.81. The van der Waals surface area contributed by atoms with Gasteiger partial charge in [0.25, 0.3) is 0 Å². The zero-order valence-electron chi connectivity index (χ0n) is 9.63. The molecule has 0 aromatic heterocycles. The Morgan fingerprint density at radius 1 is 1.44 bits per heavy atom. The highest BCUT2D eigenvalue weighted by Gasteiger charge is 2.30. The monoisotopic (exact) mass is 227 g/mol. The van der Waals surface area contributed by atoms with Crippen molar-refractivity contribution < 1.29 is 9.53 Å². The van der Waals surface area contributed by atoms with Crippen LogP contribution in [0.4, 0.5) is 4.79 Å². The summed E-state index contributed by atoms with van der Waals surface area (Å²) in [7, 11) is 0. The van der Waals surface area contributed by atoms with Gasteiger partial charge in [-0.05, 0) is 19.3 Å². The van der Waals surface area contributed by atoms with Crippen LogP contribution in [0.5, 0.6) is 0 Å². The molecule has 1 heterocycles. The van der Waals surface area contributed by atoms with Gasteiger partial charge in [-0.25, -0.2) is 4.79 Å². The van der Waals surface area contributed by atoms with Crippen molar-refractivity contribution in [2.75, 3.05) is 19.8 Å². The summed E-state index contributed by atoms with van der Waals surface area (Å²) in [5.74, 6) is 0. The number of ether oxygens (including phenoxy) is 1. The number of nitrogens with one attached hydrogen (secondary N) is 2. The minimum Gasteiger partial charge on any atom is -0.379 e. The van der Waals surface area contributed by atoms with Gasteiger partial charge in [0.05, 0.1) is 12.1 Å². The Morgan fingerprint density at radius 2 is 2.19 bits per heavy atom. The smallest absolute Gasteiger partial charge is 0.315 e. The molecule has 2 fully saturated rings. The van der Waals surface area contributed by atoms with Crippen LogP contribution < -0.4 is 16.4 Å². The van der Waals surface area contributed by atoms with Crippen LogP contribution in [0, 0.1) is 0 Å². The molecule has 1 unspecified atom stereocenters. The molecule has 2 aliphatic rings. The SMILES string of the molecule is NC1(CNC(=O)NC2CCCC2)CCOC1. The maximum atomic E-state index is 11.6. The van der Waals surface area contributed by atoms with Crippen LogP contribution >= 0.6 is 0 Å². The van der Waals surface area contributed by atoms with Gasteiger partial charge in [0, 0.05) is 19.2 Å². The molecule has 0 aromatic carbocycles. The molecule has 0 bridgehead atoms. The first-order valence-electron chi connectivity index (χ1n) is 6.09. The highest BCUT2D eigenvalue weighted by molar-refractivity contribution is 5.74. The molecule has 0 aromatic rings. The van der Waals surface area contributed by atoms with E-state index in [1.807, 2.05) is 0 Å². The number of hydrogen-bond acceptors (Lipinski definition) is 3. The summed E-state index contributed by atoms with van der Waals surface area (Å²) in [6.45, 7) is 1.73. The normalized spacial score (nSPS) is 30.6. The fourth-order valence-electron chi connectivity index (χ4n) is 2.33. The Morgan fingerprint density at radius 3 is 2.81 bits per heavy atom. The number of amides is 2. The average molecular weight is 227 g/mol. The second kappa shape index (κ2) is 5.01. The van der Waals surface area contributed by atoms with Crippen LogP contribution in [0.3, 0.4) is 0 Å². The molecule has 1 saturated heterocycles. The quantitative estimate of drug-likeness (QED) is 0.651. The minimum atomic E-state index is -0.368. The van der Waals surface area contributed by atoms with E-state index in [9.17, 15) is 4.79 Å². The summed E-state index contributed by atoms with van der Waals surface area (Å²) in [5.41, 5.74) is 5.68. The Bertz CT molecular complexity index is 246. The lowest BCUT2D eigenvalue weighted by atomic mass is 10.0. The van der Waals surface area contributed by atoms with E-state index < -0.39 is 0 Å². The van der Waals surface area contributed by atoms with Crippen molar-refractivity contribution in [2.24, 2.45) is 5.73 Å². The zero-order chi connectivity index (χ0) is 11.4. The van der Waals surface area contributed by atoms with Crippen molar-refractivity contribution >= 4 is 6.03 Å². The molecular weight excluding hydrogens is 206 g/mol. The number of carbonyl (C=O) groups excluding carboxylic acids is 1. The van der Waals surface area contributed by atoms with E-state index in [0.717, 1.165) is 19.3 Å². The Balaban J connectivity index is 1.66. The summed E-state index contributed by atoms with van der Waals surface area (Å²) in [4.78, 5) is 11.6. The molecule has 4 N–H and O–H groups in total. The van der Waals surface area contributed by atoms with Gasteiger partial charge in [-0.1, -0.05) is 12.8 Å². The van der Waals surface area contributed by atoms with Crippen molar-refractivity contribution in [3.63, 3.8) is 0 Å². The second-order valence-electron chi connectivity index (χ2n) is 4.97. The van der Waals surface area contributed by atoms with Crippen LogP contribution in [0.1, 0.15) is 32.1 Å². The molecule has 1 aliphatic carbocycles. The van der Waals surface area contributed by atoms with E-state index in [4.69, 9.17) is 10.5 Å². The Hall–Kier alpha value is -0.810. The lowest BCUT2D eigenvalue weighted by molar-refractivity contribution is 0.177. The van der Waals surface area contributed by atoms with E-state index in [-0.39, 0.29) is 11.6 Å². The molecule has 5 heteroatoms. The highest BCUT2D eigenvalue weighted by atomic mass is 16.5. The third-order valence-electron chi connectivity index (χ3n) is 3.43. The Labute approximate surface area is 96.1 Å². The number of carbonyl (C=O) groups is 1. The van der Waals surface area contributed by atoms with Gasteiger partial charge in [-0.3, -0.25) is 0 Å². The van der Waals surface area contributed by atoms with E-state index in [1.54, 1.807) is 0 Å². The first kappa shape index (κ1) is 11.7. The van der Waals surface area contributed by atoms with Gasteiger partial charge in [0.1, 0.15) is 0 Å². The lowest BCUT2D eigenvalue weighted by Crippen LogP contribution is -2.53. The predicted octanol–water partition coefficient (Wildman–Crippen LogP) is 0.346. The summed E-state index contributed by atoms with van der Waals surface area (Å²) >= 11 is 0. The van der Waals surface area contributed by atoms with Gasteiger partial charge in [-0.15, -0.1) is 0 Å². The minimum absolute atomic E-state index is 0.0939. The van der Waals surface area contributed by atoms with Crippen LogP contribution in [0.15, 0.2) is 0 Å². The van der Waals surface area contributed by atoms with Crippen LogP contribution in [-0.2, 0) is 4.74 Å². The molecule has 1 saturated carbocycles. The van der Waals surface area contributed by atoms with Crippen LogP contribution in [0.2, 0.25) is 0 Å². The van der Waals surface area contributed by atoms with Gasteiger partial charge in [0.2, 0.25) is 0 Å². The first-order chi connectivity index (χ1) is 7.68. The third kappa shape index (κ3) is 3.09. The molecule has 92 valence electrons. The molecule has 5 nitrogen and oxygen atoms in total. The summed E-state index contributed by atoms with van der Waals surface area (Å²) in [6, 6.07) is 0.261. The molecule has 2 rings (SSSR count). The molecule has 0 spiro atoms. The Kier molecular flexibility index (Phi) is 3.66. The number of urea groups is 1. The van der Waals surface area contributed by atoms with Crippen molar-refractivity contribution in [2.45, 2.75) is 43.7 Å². The molecule has 0 radical (unpaired) electrons. The van der Waals surface area contributed by atoms with Crippen molar-refractivity contribution in [3.8, 4) is 0 Å². The molecule has 16 heavy (non-hydrogen) atoms. The third-order valence-corrected chi connectivity index (χ3v) is 3.43. The van der Waals surface area contributed by atoms with E-state index >= 15 is 0 Å². The molecule has 1 atom stereocenters. The fourth-order valence-corrected chi connectivity index (χ4v) is 2.33. The van der Waals surface area contributed by atoms with Gasteiger partial charge >= 0.3 is 6.03 Å². The highest BCUT2D eigenvalue weighted by Crippen LogP contribution is 2.17. The maximum absolute atomic E-state index is 11.6. The zero-order valence-corrected chi connectivity index (χ0v) is 9.63. The molecular formula is C11H21N3O2. The second-order valence-corrected chi connectivity index (χ2v) is 4.97.